The molecule has 2 rings (SSSR count). The third-order valence-electron chi connectivity index (χ3n) is 2.42. The normalized spacial score (nSPS) is 16.7. The van der Waals surface area contributed by atoms with E-state index in [1.54, 1.807) is 4.90 Å². The molecule has 0 bridgehead atoms. The lowest BCUT2D eigenvalue weighted by atomic mass is 10.2. The lowest BCUT2D eigenvalue weighted by Crippen LogP contribution is -2.30. The van der Waals surface area contributed by atoms with Gasteiger partial charge in [-0.25, -0.2) is 10.1 Å². The Morgan fingerprint density at radius 3 is 2.44 bits per heavy atom. The van der Waals surface area contributed by atoms with E-state index in [4.69, 9.17) is 0 Å². The van der Waals surface area contributed by atoms with Crippen molar-refractivity contribution in [1.29, 1.82) is 0 Å². The van der Waals surface area contributed by atoms with Gasteiger partial charge in [-0.1, -0.05) is 0 Å². The van der Waals surface area contributed by atoms with Crippen molar-refractivity contribution in [3.8, 4) is 0 Å². The van der Waals surface area contributed by atoms with Crippen LogP contribution in [-0.4, -0.2) is 29.0 Å². The van der Waals surface area contributed by atoms with E-state index >= 15 is 0 Å². The molecule has 0 amide bonds. The molecule has 0 atom stereocenters. The molecule has 1 aromatic rings. The SMILES string of the molecule is O=[N+]([O-])/N=C1/NCCN1c1ccc([N+](=O)[O-])cc1. The van der Waals surface area contributed by atoms with Crippen molar-refractivity contribution >= 4 is 17.3 Å². The number of benzene rings is 1. The number of nitrogens with zero attached hydrogens (tertiary/aromatic N) is 4. The average molecular weight is 251 g/mol. The van der Waals surface area contributed by atoms with Crippen LogP contribution in [0.2, 0.25) is 0 Å². The van der Waals surface area contributed by atoms with Crippen LogP contribution < -0.4 is 10.2 Å². The van der Waals surface area contributed by atoms with Crippen LogP contribution in [-0.2, 0) is 0 Å². The summed E-state index contributed by atoms with van der Waals surface area (Å²) in [6.45, 7) is 1.05. The highest BCUT2D eigenvalue weighted by Gasteiger charge is 2.23. The molecule has 0 spiro atoms. The van der Waals surface area contributed by atoms with Gasteiger partial charge in [0.25, 0.3) is 11.6 Å². The van der Waals surface area contributed by atoms with Crippen LogP contribution in [0, 0.1) is 20.2 Å². The number of guanidine groups is 1. The van der Waals surface area contributed by atoms with Crippen molar-refractivity contribution in [3.63, 3.8) is 0 Å². The summed E-state index contributed by atoms with van der Waals surface area (Å²) in [6, 6.07) is 5.75. The third kappa shape index (κ3) is 2.34. The van der Waals surface area contributed by atoms with Crippen LogP contribution in [0.3, 0.4) is 0 Å². The van der Waals surface area contributed by atoms with Gasteiger partial charge in [0.2, 0.25) is 0 Å². The molecule has 18 heavy (non-hydrogen) atoms. The highest BCUT2D eigenvalue weighted by atomic mass is 16.7. The van der Waals surface area contributed by atoms with Gasteiger partial charge in [0, 0.05) is 30.9 Å². The van der Waals surface area contributed by atoms with Crippen molar-refractivity contribution in [2.75, 3.05) is 18.0 Å². The Morgan fingerprint density at radius 1 is 1.22 bits per heavy atom. The first-order chi connectivity index (χ1) is 8.58. The minimum atomic E-state index is -0.786. The van der Waals surface area contributed by atoms with Crippen LogP contribution in [0.15, 0.2) is 29.4 Å². The minimum Gasteiger partial charge on any atom is -0.349 e. The predicted molar refractivity (Wildman–Crippen MR) is 62.9 cm³/mol. The molecule has 1 aliphatic heterocycles. The van der Waals surface area contributed by atoms with Gasteiger partial charge in [-0.15, -0.1) is 0 Å². The first-order valence-electron chi connectivity index (χ1n) is 5.07. The number of anilines is 1. The van der Waals surface area contributed by atoms with Gasteiger partial charge < -0.3 is 10.2 Å². The molecule has 1 heterocycles. The molecule has 0 aromatic heterocycles. The Bertz CT molecular complexity index is 512. The van der Waals surface area contributed by atoms with E-state index < -0.39 is 9.96 Å². The van der Waals surface area contributed by atoms with Gasteiger partial charge in [0.15, 0.2) is 5.03 Å². The lowest BCUT2D eigenvalue weighted by molar-refractivity contribution is -0.485. The predicted octanol–water partition coefficient (Wildman–Crippen LogP) is 0.552. The largest absolute Gasteiger partial charge is 0.349 e. The zero-order chi connectivity index (χ0) is 13.1. The Morgan fingerprint density at radius 2 is 1.89 bits per heavy atom. The number of hydrogen-bond acceptors (Lipinski definition) is 4. The molecule has 0 radical (unpaired) electrons. The first-order valence-corrected chi connectivity index (χ1v) is 5.07. The fourth-order valence-corrected chi connectivity index (χ4v) is 1.65. The molecule has 1 fully saturated rings. The first kappa shape index (κ1) is 11.8. The summed E-state index contributed by atoms with van der Waals surface area (Å²) in [6.07, 6.45) is 0. The van der Waals surface area contributed by atoms with Crippen molar-refractivity contribution in [2.24, 2.45) is 5.10 Å². The quantitative estimate of drug-likeness (QED) is 0.619. The monoisotopic (exact) mass is 251 g/mol. The molecule has 9 heteroatoms. The van der Waals surface area contributed by atoms with E-state index in [1.807, 2.05) is 0 Å². The maximum atomic E-state index is 10.5. The Kier molecular flexibility index (Phi) is 3.04. The standard InChI is InChI=1S/C9H9N5O4/c15-13(16)8-3-1-7(2-4-8)12-6-5-10-9(12)11-14(17)18/h1-4H,5-6H2,(H,10,11). The van der Waals surface area contributed by atoms with Gasteiger partial charge in [-0.2, -0.15) is 0 Å². The van der Waals surface area contributed by atoms with Crippen molar-refractivity contribution in [1.82, 2.24) is 5.32 Å². The van der Waals surface area contributed by atoms with Gasteiger partial charge >= 0.3 is 0 Å². The number of nitro benzene ring substituents is 1. The van der Waals surface area contributed by atoms with Crippen LogP contribution >= 0.6 is 0 Å². The average Bonchev–Trinajstić information content (AvgIpc) is 2.76. The number of nitro groups is 2. The molecule has 0 aliphatic carbocycles. The second-order valence-electron chi connectivity index (χ2n) is 3.51. The van der Waals surface area contributed by atoms with Crippen LogP contribution in [0.25, 0.3) is 0 Å². The maximum Gasteiger partial charge on any atom is 0.275 e. The zero-order valence-corrected chi connectivity index (χ0v) is 9.15. The highest BCUT2D eigenvalue weighted by Crippen LogP contribution is 2.20. The fraction of sp³-hybridized carbons (Fsp3) is 0.222. The van der Waals surface area contributed by atoms with Crippen LogP contribution in [0.4, 0.5) is 11.4 Å². The molecule has 0 unspecified atom stereocenters. The number of non-ortho nitro benzene ring substituents is 1. The Labute approximate surface area is 101 Å². The number of nitrogens with one attached hydrogen (secondary N) is 1. The fourth-order valence-electron chi connectivity index (χ4n) is 1.65. The van der Waals surface area contributed by atoms with E-state index in [0.29, 0.717) is 18.8 Å². The van der Waals surface area contributed by atoms with Crippen molar-refractivity contribution in [2.45, 2.75) is 0 Å². The highest BCUT2D eigenvalue weighted by molar-refractivity contribution is 5.97. The molecule has 0 saturated carbocycles. The molecule has 1 aromatic carbocycles. The minimum absolute atomic E-state index is 0.0290. The molecular weight excluding hydrogens is 242 g/mol. The zero-order valence-electron chi connectivity index (χ0n) is 9.15. The maximum absolute atomic E-state index is 10.5. The smallest absolute Gasteiger partial charge is 0.275 e. The molecule has 1 saturated heterocycles. The van der Waals surface area contributed by atoms with E-state index in [-0.39, 0.29) is 11.6 Å². The molecule has 1 N–H and O–H groups in total. The van der Waals surface area contributed by atoms with Gasteiger partial charge in [-0.05, 0) is 12.1 Å². The summed E-state index contributed by atoms with van der Waals surface area (Å²) in [4.78, 5) is 21.9. The van der Waals surface area contributed by atoms with Crippen LogP contribution in [0.5, 0.6) is 0 Å². The number of hydrogen-bond donors (Lipinski definition) is 1. The molecular formula is C9H9N5O4. The second kappa shape index (κ2) is 4.65. The summed E-state index contributed by atoms with van der Waals surface area (Å²) in [5, 5.41) is 26.0. The van der Waals surface area contributed by atoms with Crippen LogP contribution in [0.1, 0.15) is 0 Å². The third-order valence-corrected chi connectivity index (χ3v) is 2.42. The topological polar surface area (TPSA) is 114 Å². The lowest BCUT2D eigenvalue weighted by Gasteiger charge is -2.14. The molecule has 9 nitrogen and oxygen atoms in total. The summed E-state index contributed by atoms with van der Waals surface area (Å²) >= 11 is 0. The van der Waals surface area contributed by atoms with Gasteiger partial charge in [0.1, 0.15) is 5.10 Å². The summed E-state index contributed by atoms with van der Waals surface area (Å²) in [5.41, 5.74) is 0.588. The van der Waals surface area contributed by atoms with E-state index in [1.165, 1.54) is 24.3 Å². The van der Waals surface area contributed by atoms with E-state index in [9.17, 15) is 20.2 Å². The summed E-state index contributed by atoms with van der Waals surface area (Å²) in [5.74, 6) is 0.133. The van der Waals surface area contributed by atoms with Gasteiger partial charge in [0.05, 0.1) is 4.92 Å². The van der Waals surface area contributed by atoms with E-state index in [0.717, 1.165) is 0 Å². The van der Waals surface area contributed by atoms with Crippen molar-refractivity contribution < 1.29 is 9.96 Å². The summed E-state index contributed by atoms with van der Waals surface area (Å²) < 4.78 is 0. The molecule has 94 valence electrons. The van der Waals surface area contributed by atoms with E-state index in [2.05, 4.69) is 10.4 Å². The second-order valence-corrected chi connectivity index (χ2v) is 3.51. The van der Waals surface area contributed by atoms with Crippen molar-refractivity contribution in [3.05, 3.63) is 44.5 Å². The number of hydrazone groups is 1. The Balaban J connectivity index is 2.25. The summed E-state index contributed by atoms with van der Waals surface area (Å²) in [7, 11) is 0. The van der Waals surface area contributed by atoms with Gasteiger partial charge in [-0.3, -0.25) is 10.1 Å². The Hall–Kier alpha value is -2.71. The number of rotatable bonds is 3. The molecule has 1 aliphatic rings.